The van der Waals surface area contributed by atoms with Crippen LogP contribution < -0.4 is 16.4 Å². The smallest absolute Gasteiger partial charge is 0.124 e. The minimum Gasteiger partial charge on any atom is -0.369 e. The third-order valence-electron chi connectivity index (χ3n) is 2.85. The monoisotopic (exact) mass is 209 g/mol. The van der Waals surface area contributed by atoms with Gasteiger partial charge in [0.2, 0.25) is 0 Å². The average molecular weight is 209 g/mol. The molecule has 0 bridgehead atoms. The summed E-state index contributed by atoms with van der Waals surface area (Å²) in [5, 5.41) is 10.9. The van der Waals surface area contributed by atoms with Gasteiger partial charge in [-0.2, -0.15) is 5.10 Å². The first-order chi connectivity index (χ1) is 7.31. The van der Waals surface area contributed by atoms with Crippen LogP contribution in [0.5, 0.6) is 0 Å². The molecule has 5 heteroatoms. The molecule has 84 valence electrons. The Balaban J connectivity index is 1.92. The van der Waals surface area contributed by atoms with Crippen LogP contribution in [-0.2, 0) is 0 Å². The molecule has 1 saturated heterocycles. The maximum atomic E-state index is 5.86. The van der Waals surface area contributed by atoms with Gasteiger partial charge in [0.1, 0.15) is 5.82 Å². The van der Waals surface area contributed by atoms with E-state index < -0.39 is 0 Å². The molecular formula is C10H19N5. The Labute approximate surface area is 90.0 Å². The Hall–Kier alpha value is -1.07. The second-order valence-corrected chi connectivity index (χ2v) is 4.02. The van der Waals surface area contributed by atoms with Gasteiger partial charge in [-0.25, -0.2) is 4.68 Å². The lowest BCUT2D eigenvalue weighted by Crippen LogP contribution is -2.44. The van der Waals surface area contributed by atoms with E-state index in [-0.39, 0.29) is 6.04 Å². The second-order valence-electron chi connectivity index (χ2n) is 4.02. The molecule has 0 aliphatic carbocycles. The number of anilines is 1. The van der Waals surface area contributed by atoms with Gasteiger partial charge in [0, 0.05) is 31.7 Å². The molecule has 1 aromatic heterocycles. The van der Waals surface area contributed by atoms with Crippen molar-refractivity contribution < 1.29 is 0 Å². The highest BCUT2D eigenvalue weighted by atomic mass is 15.4. The van der Waals surface area contributed by atoms with E-state index in [1.165, 1.54) is 0 Å². The van der Waals surface area contributed by atoms with Gasteiger partial charge in [-0.15, -0.1) is 0 Å². The molecule has 2 heterocycles. The molecule has 1 fully saturated rings. The van der Waals surface area contributed by atoms with Gasteiger partial charge in [-0.1, -0.05) is 6.92 Å². The highest BCUT2D eigenvalue weighted by molar-refractivity contribution is 5.35. The summed E-state index contributed by atoms with van der Waals surface area (Å²) in [6, 6.07) is 2.72. The van der Waals surface area contributed by atoms with Crippen molar-refractivity contribution in [3.63, 3.8) is 0 Å². The average Bonchev–Trinajstić information content (AvgIpc) is 2.60. The molecule has 0 saturated carbocycles. The third kappa shape index (κ3) is 2.30. The highest BCUT2D eigenvalue weighted by Gasteiger charge is 2.21. The van der Waals surface area contributed by atoms with Crippen LogP contribution in [0.3, 0.4) is 0 Å². The summed E-state index contributed by atoms with van der Waals surface area (Å²) in [4.78, 5) is 0. The number of nitrogens with two attached hydrogens (primary N) is 1. The van der Waals surface area contributed by atoms with Crippen LogP contribution in [0.1, 0.15) is 19.4 Å². The largest absolute Gasteiger partial charge is 0.369 e. The van der Waals surface area contributed by atoms with Crippen LogP contribution in [0.4, 0.5) is 5.82 Å². The van der Waals surface area contributed by atoms with Crippen molar-refractivity contribution in [2.75, 3.05) is 25.0 Å². The lowest BCUT2D eigenvalue weighted by molar-refractivity contribution is 0.321. The number of nitrogens with one attached hydrogen (secondary N) is 2. The zero-order chi connectivity index (χ0) is 10.7. The first-order valence-electron chi connectivity index (χ1n) is 5.55. The zero-order valence-electron chi connectivity index (χ0n) is 9.11. The van der Waals surface area contributed by atoms with Crippen molar-refractivity contribution in [3.05, 3.63) is 12.3 Å². The van der Waals surface area contributed by atoms with Gasteiger partial charge in [0.25, 0.3) is 0 Å². The maximum absolute atomic E-state index is 5.86. The molecule has 1 atom stereocenters. The van der Waals surface area contributed by atoms with E-state index in [0.29, 0.717) is 6.04 Å². The number of hydrogen-bond acceptors (Lipinski definition) is 4. The topological polar surface area (TPSA) is 67.9 Å². The summed E-state index contributed by atoms with van der Waals surface area (Å²) < 4.78 is 2.04. The molecular weight excluding hydrogens is 190 g/mol. The molecule has 1 aromatic rings. The van der Waals surface area contributed by atoms with E-state index >= 15 is 0 Å². The van der Waals surface area contributed by atoms with Crippen LogP contribution in [-0.4, -0.2) is 35.5 Å². The van der Waals surface area contributed by atoms with Crippen LogP contribution >= 0.6 is 0 Å². The molecule has 0 spiro atoms. The SMILES string of the molecule is CC[C@@H](N)CNc1ccnn1C1CNC1. The van der Waals surface area contributed by atoms with Gasteiger partial charge in [0.15, 0.2) is 0 Å². The van der Waals surface area contributed by atoms with Crippen LogP contribution in [0.25, 0.3) is 0 Å². The number of hydrogen-bond donors (Lipinski definition) is 3. The Bertz CT molecular complexity index is 305. The van der Waals surface area contributed by atoms with Gasteiger partial charge in [0.05, 0.1) is 12.2 Å². The van der Waals surface area contributed by atoms with E-state index in [1.54, 1.807) is 0 Å². The molecule has 2 rings (SSSR count). The molecule has 0 aromatic carbocycles. The van der Waals surface area contributed by atoms with Crippen molar-refractivity contribution >= 4 is 5.82 Å². The Morgan fingerprint density at radius 3 is 3.13 bits per heavy atom. The maximum Gasteiger partial charge on any atom is 0.124 e. The fourth-order valence-electron chi connectivity index (χ4n) is 1.57. The lowest BCUT2D eigenvalue weighted by atomic mass is 10.2. The summed E-state index contributed by atoms with van der Waals surface area (Å²) in [5.41, 5.74) is 5.86. The quantitative estimate of drug-likeness (QED) is 0.647. The summed E-state index contributed by atoms with van der Waals surface area (Å²) in [5.74, 6) is 1.07. The van der Waals surface area contributed by atoms with Gasteiger partial charge in [-0.05, 0) is 6.42 Å². The molecule has 15 heavy (non-hydrogen) atoms. The molecule has 0 amide bonds. The standard InChI is InChI=1S/C10H19N5/c1-2-8(11)5-13-10-3-4-14-15(10)9-6-12-7-9/h3-4,8-9,12-13H,2,5-7,11H2,1H3/t8-/m1/s1. The van der Waals surface area contributed by atoms with Gasteiger partial charge >= 0.3 is 0 Å². The Morgan fingerprint density at radius 2 is 2.53 bits per heavy atom. The minimum absolute atomic E-state index is 0.216. The molecule has 0 unspecified atom stereocenters. The Morgan fingerprint density at radius 1 is 1.73 bits per heavy atom. The van der Waals surface area contributed by atoms with Crippen LogP contribution in [0.15, 0.2) is 12.3 Å². The van der Waals surface area contributed by atoms with Crippen molar-refractivity contribution in [3.8, 4) is 0 Å². The first-order valence-corrected chi connectivity index (χ1v) is 5.55. The van der Waals surface area contributed by atoms with Crippen molar-refractivity contribution in [2.45, 2.75) is 25.4 Å². The summed E-state index contributed by atoms with van der Waals surface area (Å²) in [7, 11) is 0. The van der Waals surface area contributed by atoms with Crippen LogP contribution in [0.2, 0.25) is 0 Å². The Kier molecular flexibility index (Phi) is 3.23. The summed E-state index contributed by atoms with van der Waals surface area (Å²) in [6.07, 6.45) is 2.82. The van der Waals surface area contributed by atoms with E-state index in [2.05, 4.69) is 22.7 Å². The van der Waals surface area contributed by atoms with Crippen molar-refractivity contribution in [1.82, 2.24) is 15.1 Å². The molecule has 4 N–H and O–H groups in total. The number of rotatable bonds is 5. The highest BCUT2D eigenvalue weighted by Crippen LogP contribution is 2.17. The van der Waals surface area contributed by atoms with Crippen molar-refractivity contribution in [1.29, 1.82) is 0 Å². The normalized spacial score (nSPS) is 18.5. The van der Waals surface area contributed by atoms with Gasteiger partial charge in [-0.3, -0.25) is 0 Å². The fourth-order valence-corrected chi connectivity index (χ4v) is 1.57. The van der Waals surface area contributed by atoms with E-state index in [4.69, 9.17) is 5.73 Å². The summed E-state index contributed by atoms with van der Waals surface area (Å²) >= 11 is 0. The first kappa shape index (κ1) is 10.4. The number of aromatic nitrogens is 2. The molecule has 1 aliphatic heterocycles. The van der Waals surface area contributed by atoms with E-state index in [9.17, 15) is 0 Å². The van der Waals surface area contributed by atoms with Crippen LogP contribution in [0, 0.1) is 0 Å². The molecule has 1 aliphatic rings. The predicted molar refractivity (Wildman–Crippen MR) is 60.9 cm³/mol. The number of nitrogens with zero attached hydrogens (tertiary/aromatic N) is 2. The molecule has 5 nitrogen and oxygen atoms in total. The predicted octanol–water partition coefficient (Wildman–Crippen LogP) is 0.177. The van der Waals surface area contributed by atoms with E-state index in [0.717, 1.165) is 31.9 Å². The molecule has 0 radical (unpaired) electrons. The van der Waals surface area contributed by atoms with Crippen molar-refractivity contribution in [2.24, 2.45) is 5.73 Å². The fraction of sp³-hybridized carbons (Fsp3) is 0.700. The lowest BCUT2D eigenvalue weighted by Gasteiger charge is -2.29. The minimum atomic E-state index is 0.216. The third-order valence-corrected chi connectivity index (χ3v) is 2.85. The second kappa shape index (κ2) is 4.63. The van der Waals surface area contributed by atoms with E-state index in [1.807, 2.05) is 16.9 Å². The van der Waals surface area contributed by atoms with Gasteiger partial charge < -0.3 is 16.4 Å². The summed E-state index contributed by atoms with van der Waals surface area (Å²) in [6.45, 7) is 4.92. The zero-order valence-corrected chi connectivity index (χ0v) is 9.11.